The van der Waals surface area contributed by atoms with Gasteiger partial charge in [-0.3, -0.25) is 0 Å². The van der Waals surface area contributed by atoms with Crippen molar-refractivity contribution >= 4 is 22.4 Å². The predicted octanol–water partition coefficient (Wildman–Crippen LogP) is 1.48. The Morgan fingerprint density at radius 1 is 1.13 bits per heavy atom. The molecule has 0 amide bonds. The number of nitrogens with zero attached hydrogens (tertiary/aromatic N) is 1. The molecule has 3 atom stereocenters. The molecule has 8 heteroatoms. The van der Waals surface area contributed by atoms with Gasteiger partial charge in [0, 0.05) is 25.2 Å². The van der Waals surface area contributed by atoms with Gasteiger partial charge in [0.05, 0.1) is 19.1 Å². The number of methoxy groups -OCH3 is 2. The van der Waals surface area contributed by atoms with Gasteiger partial charge in [0.1, 0.15) is 0 Å². The van der Waals surface area contributed by atoms with E-state index in [4.69, 9.17) is 15.2 Å². The van der Waals surface area contributed by atoms with E-state index in [9.17, 15) is 8.42 Å². The molecule has 0 spiro atoms. The van der Waals surface area contributed by atoms with Crippen molar-refractivity contribution in [1.82, 2.24) is 4.31 Å². The Morgan fingerprint density at radius 3 is 2.43 bits per heavy atom. The summed E-state index contributed by atoms with van der Waals surface area (Å²) in [5.74, 6) is 1.61. The zero-order valence-electron chi connectivity index (χ0n) is 13.3. The Bertz CT molecular complexity index is 667. The van der Waals surface area contributed by atoms with Crippen LogP contribution in [0.25, 0.3) is 0 Å². The Morgan fingerprint density at radius 2 is 1.83 bits per heavy atom. The number of benzene rings is 1. The third kappa shape index (κ3) is 3.15. The summed E-state index contributed by atoms with van der Waals surface area (Å²) in [5.41, 5.74) is 6.09. The summed E-state index contributed by atoms with van der Waals surface area (Å²) in [6, 6.07) is 4.82. The van der Waals surface area contributed by atoms with Crippen LogP contribution in [0, 0.1) is 11.8 Å². The van der Waals surface area contributed by atoms with Gasteiger partial charge in [-0.25, -0.2) is 8.42 Å². The molecule has 1 aliphatic heterocycles. The van der Waals surface area contributed by atoms with Crippen LogP contribution >= 0.6 is 12.4 Å². The fraction of sp³-hybridized carbons (Fsp3) is 0.600. The van der Waals surface area contributed by atoms with Crippen molar-refractivity contribution in [3.8, 4) is 11.5 Å². The average Bonchev–Trinajstić information content (AvgIpc) is 3.09. The van der Waals surface area contributed by atoms with Gasteiger partial charge in [-0.2, -0.15) is 4.31 Å². The second-order valence-corrected chi connectivity index (χ2v) is 7.94. The molecule has 1 aromatic rings. The summed E-state index contributed by atoms with van der Waals surface area (Å²) >= 11 is 0. The van der Waals surface area contributed by atoms with Crippen molar-refractivity contribution in [2.45, 2.75) is 23.8 Å². The second-order valence-electron chi connectivity index (χ2n) is 6.00. The molecular formula is C15H23ClN2O4S. The van der Waals surface area contributed by atoms with Crippen molar-refractivity contribution < 1.29 is 17.9 Å². The first-order chi connectivity index (χ1) is 10.5. The van der Waals surface area contributed by atoms with Crippen LogP contribution in [0.5, 0.6) is 11.5 Å². The fourth-order valence-electron chi connectivity index (χ4n) is 3.59. The van der Waals surface area contributed by atoms with Gasteiger partial charge in [0.25, 0.3) is 0 Å². The second kappa shape index (κ2) is 6.84. The Labute approximate surface area is 143 Å². The highest BCUT2D eigenvalue weighted by Gasteiger charge is 2.45. The molecule has 1 aromatic carbocycles. The maximum absolute atomic E-state index is 12.8. The van der Waals surface area contributed by atoms with E-state index in [-0.39, 0.29) is 29.3 Å². The molecule has 1 heterocycles. The molecule has 2 N–H and O–H groups in total. The number of sulfonamides is 1. The summed E-state index contributed by atoms with van der Waals surface area (Å²) in [7, 11) is -0.503. The van der Waals surface area contributed by atoms with Crippen LogP contribution in [-0.4, -0.2) is 46.1 Å². The van der Waals surface area contributed by atoms with Crippen LogP contribution in [0.15, 0.2) is 23.1 Å². The summed E-state index contributed by atoms with van der Waals surface area (Å²) in [4.78, 5) is 0.235. The van der Waals surface area contributed by atoms with Crippen LogP contribution < -0.4 is 15.2 Å². The van der Waals surface area contributed by atoms with E-state index in [2.05, 4.69) is 0 Å². The van der Waals surface area contributed by atoms with Crippen LogP contribution in [0.4, 0.5) is 0 Å². The van der Waals surface area contributed by atoms with Gasteiger partial charge in [0.2, 0.25) is 10.0 Å². The highest BCUT2D eigenvalue weighted by Crippen LogP contribution is 2.40. The van der Waals surface area contributed by atoms with Gasteiger partial charge >= 0.3 is 0 Å². The van der Waals surface area contributed by atoms with E-state index in [0.29, 0.717) is 30.5 Å². The van der Waals surface area contributed by atoms with Gasteiger partial charge in [0.15, 0.2) is 11.5 Å². The summed E-state index contributed by atoms with van der Waals surface area (Å²) < 4.78 is 37.6. The molecule has 2 fully saturated rings. The molecule has 130 valence electrons. The topological polar surface area (TPSA) is 81.9 Å². The highest BCUT2D eigenvalue weighted by atomic mass is 35.5. The first-order valence-corrected chi connectivity index (χ1v) is 8.89. The molecule has 23 heavy (non-hydrogen) atoms. The average molecular weight is 363 g/mol. The maximum atomic E-state index is 12.8. The van der Waals surface area contributed by atoms with Crippen molar-refractivity contribution in [1.29, 1.82) is 0 Å². The predicted molar refractivity (Wildman–Crippen MR) is 89.7 cm³/mol. The Hall–Kier alpha value is -1.02. The largest absolute Gasteiger partial charge is 0.493 e. The van der Waals surface area contributed by atoms with E-state index in [1.807, 2.05) is 0 Å². The quantitative estimate of drug-likeness (QED) is 0.877. The lowest BCUT2D eigenvalue weighted by atomic mass is 9.98. The first kappa shape index (κ1) is 18.3. The third-order valence-corrected chi connectivity index (χ3v) is 6.70. The molecule has 3 rings (SSSR count). The van der Waals surface area contributed by atoms with Crippen LogP contribution in [0.1, 0.15) is 12.8 Å². The highest BCUT2D eigenvalue weighted by molar-refractivity contribution is 7.89. The number of rotatable bonds is 4. The van der Waals surface area contributed by atoms with Gasteiger partial charge in [-0.15, -0.1) is 12.4 Å². The Kier molecular flexibility index (Phi) is 5.45. The van der Waals surface area contributed by atoms with Crippen molar-refractivity contribution in [2.75, 3.05) is 27.3 Å². The summed E-state index contributed by atoms with van der Waals surface area (Å²) in [6.45, 7) is 1.08. The van der Waals surface area contributed by atoms with E-state index in [1.54, 1.807) is 16.4 Å². The molecule has 1 saturated carbocycles. The van der Waals surface area contributed by atoms with Crippen molar-refractivity contribution in [3.05, 3.63) is 18.2 Å². The fourth-order valence-corrected chi connectivity index (χ4v) is 5.14. The van der Waals surface area contributed by atoms with Crippen molar-refractivity contribution in [2.24, 2.45) is 17.6 Å². The van der Waals surface area contributed by atoms with Crippen LogP contribution in [-0.2, 0) is 10.0 Å². The van der Waals surface area contributed by atoms with Crippen molar-refractivity contribution in [3.63, 3.8) is 0 Å². The minimum absolute atomic E-state index is 0. The van der Waals surface area contributed by atoms with E-state index in [1.165, 1.54) is 20.3 Å². The minimum Gasteiger partial charge on any atom is -0.493 e. The normalized spacial score (nSPS) is 27.3. The molecule has 6 nitrogen and oxygen atoms in total. The first-order valence-electron chi connectivity index (χ1n) is 7.45. The molecular weight excluding hydrogens is 340 g/mol. The molecule has 0 aromatic heterocycles. The molecule has 0 radical (unpaired) electrons. The van der Waals surface area contributed by atoms with Crippen LogP contribution in [0.2, 0.25) is 0 Å². The third-order valence-electron chi connectivity index (χ3n) is 4.87. The summed E-state index contributed by atoms with van der Waals surface area (Å²) in [6.07, 6.45) is 2.02. The van der Waals surface area contributed by atoms with E-state index >= 15 is 0 Å². The number of hydrogen-bond donors (Lipinski definition) is 1. The number of nitrogens with two attached hydrogens (primary N) is 1. The maximum Gasteiger partial charge on any atom is 0.243 e. The minimum atomic E-state index is -3.52. The van der Waals surface area contributed by atoms with Gasteiger partial charge in [-0.1, -0.05) is 0 Å². The lowest BCUT2D eigenvalue weighted by Crippen LogP contribution is -2.33. The molecule has 1 saturated heterocycles. The van der Waals surface area contributed by atoms with E-state index < -0.39 is 10.0 Å². The molecule has 3 unspecified atom stereocenters. The monoisotopic (exact) mass is 362 g/mol. The Balaban J connectivity index is 0.00000192. The van der Waals surface area contributed by atoms with Gasteiger partial charge in [-0.05, 0) is 36.8 Å². The lowest BCUT2D eigenvalue weighted by molar-refractivity contribution is 0.353. The lowest BCUT2D eigenvalue weighted by Gasteiger charge is -2.19. The zero-order valence-corrected chi connectivity index (χ0v) is 14.9. The number of ether oxygens (including phenoxy) is 2. The standard InChI is InChI=1S/C15H22N2O4S.ClH/c1-20-14-6-4-11(7-15(14)21-2)22(18,19)17-8-10-3-5-13(16)12(10)9-17;/h4,6-7,10,12-13H,3,5,8-9,16H2,1-2H3;1H. The molecule has 2 aliphatic rings. The smallest absolute Gasteiger partial charge is 0.243 e. The van der Waals surface area contributed by atoms with Gasteiger partial charge < -0.3 is 15.2 Å². The van der Waals surface area contributed by atoms with E-state index in [0.717, 1.165) is 12.8 Å². The summed E-state index contributed by atoms with van der Waals surface area (Å²) in [5, 5.41) is 0. The van der Waals surface area contributed by atoms with Crippen LogP contribution in [0.3, 0.4) is 0 Å². The molecule has 0 bridgehead atoms. The number of hydrogen-bond acceptors (Lipinski definition) is 5. The zero-order chi connectivity index (χ0) is 15.9. The molecule has 1 aliphatic carbocycles. The number of fused-ring (bicyclic) bond motifs is 1. The SMILES string of the molecule is COc1ccc(S(=O)(=O)N2CC3CCC(N)C3C2)cc1OC.Cl. The number of halogens is 1.